The highest BCUT2D eigenvalue weighted by Gasteiger charge is 2.34. The van der Waals surface area contributed by atoms with E-state index in [1.807, 2.05) is 38.7 Å². The summed E-state index contributed by atoms with van der Waals surface area (Å²) in [5.74, 6) is 3.07. The standard InChI is InChI=1S/C24H28N4O.C24H27N3O.C23H25N3O.C19H25N3OS/c1-17-7-8-22-19(13-17)20-15-26(2)12-9-23(20)28(22)16-24(29)27-11-4-6-21(27)18-5-3-10-25-14-18;1-17-7-8-22-20(13-17)21-15-25(2)11-10-23(21)27(22)16-24(28)26-12-9-18-5-3-4-6-19(18)14-26;1-16-7-8-21-19(11-16)20-14-24(2)10-9-22(20)26(21)15-23(27)25-12-17-5-3-4-6-18(17)13-25;1-14-3-4-17-15(11-14)16-12-20(2)6-5-18(16)22(17)13-19(23)21-7-9-24-10-8-21/h3,5,7-8,10,13-14,21H,4,6,9,11-12,15-16H2,1-2H3;3-8,13H,9-12,14-16H2,1-2H3;3-8,11H,9-10,12-15H2,1-2H3;3-4,11H,5-10,12-13H2,1-2H3. The molecule has 6 aromatic carbocycles. The fourth-order valence-electron chi connectivity index (χ4n) is 18.5. The fraction of sp³-hybridized carbons (Fsp3) is 0.411. The molecule has 560 valence electrons. The van der Waals surface area contributed by atoms with E-state index in [2.05, 4.69) is 231 Å². The molecule has 0 N–H and O–H groups in total. The van der Waals surface area contributed by atoms with Gasteiger partial charge >= 0.3 is 0 Å². The average molecular weight is 1460 g/mol. The van der Waals surface area contributed by atoms with Crippen LogP contribution in [0.2, 0.25) is 0 Å². The number of fused-ring (bicyclic) bond motifs is 14. The molecule has 0 aliphatic carbocycles. The number of thioether (sulfide) groups is 1. The van der Waals surface area contributed by atoms with Crippen LogP contribution in [0.15, 0.2) is 146 Å². The van der Waals surface area contributed by atoms with Gasteiger partial charge in [0.15, 0.2) is 0 Å². The molecule has 1 atom stereocenters. The molecule has 0 bridgehead atoms. The minimum atomic E-state index is 0.155. The third-order valence-corrected chi connectivity index (χ3v) is 25.2. The molecular weight excluding hydrogens is 1360 g/mol. The predicted molar refractivity (Wildman–Crippen MR) is 435 cm³/mol. The van der Waals surface area contributed by atoms with Crippen LogP contribution in [-0.4, -0.2) is 178 Å². The van der Waals surface area contributed by atoms with Gasteiger partial charge in [0.05, 0.1) is 6.04 Å². The highest BCUT2D eigenvalue weighted by Crippen LogP contribution is 2.38. The van der Waals surface area contributed by atoms with Crippen molar-refractivity contribution in [3.8, 4) is 0 Å². The van der Waals surface area contributed by atoms with E-state index in [0.29, 0.717) is 26.2 Å². The van der Waals surface area contributed by atoms with E-state index in [0.717, 1.165) is 160 Å². The van der Waals surface area contributed by atoms with Crippen molar-refractivity contribution < 1.29 is 19.2 Å². The molecule has 0 saturated carbocycles. The van der Waals surface area contributed by atoms with Gasteiger partial charge in [0.1, 0.15) is 26.2 Å². The minimum absolute atomic E-state index is 0.155. The number of aromatic nitrogens is 5. The van der Waals surface area contributed by atoms with Crippen molar-refractivity contribution in [2.75, 3.05) is 92.1 Å². The summed E-state index contributed by atoms with van der Waals surface area (Å²) in [6, 6.07) is 47.6. The molecule has 8 aliphatic heterocycles. The van der Waals surface area contributed by atoms with Crippen LogP contribution in [0.1, 0.15) is 114 Å². The van der Waals surface area contributed by atoms with Gasteiger partial charge in [0.2, 0.25) is 23.6 Å². The largest absolute Gasteiger partial charge is 0.339 e. The first-order chi connectivity index (χ1) is 52.4. The number of carbonyl (C=O) groups excluding carboxylic acids is 4. The lowest BCUT2D eigenvalue weighted by atomic mass is 10.00. The molecule has 5 aromatic heterocycles. The zero-order valence-corrected chi connectivity index (χ0v) is 65.4. The zero-order chi connectivity index (χ0) is 74.4. The van der Waals surface area contributed by atoms with E-state index in [4.69, 9.17) is 0 Å². The van der Waals surface area contributed by atoms with Crippen LogP contribution in [-0.2, 0) is 123 Å². The SMILES string of the molecule is Cc1ccc2c(c1)c1c(n2CC(=O)N2CCCC2c2cccnc2)CCN(C)C1.Cc1ccc2c(c1)c1c(n2CC(=O)N2CCSCC2)CCN(C)C1.Cc1ccc2c(c1)c1c(n2CC(=O)N2CCc3ccccc3C2)CCN(C)C1.Cc1ccc2c(c1)c1c(n2CC(=O)N2Cc3ccccc3C2)CCN(C)C1. The van der Waals surface area contributed by atoms with E-state index in [1.54, 1.807) is 6.20 Å². The Labute approximate surface area is 640 Å². The van der Waals surface area contributed by atoms with Gasteiger partial charge in [-0.2, -0.15) is 11.8 Å². The summed E-state index contributed by atoms with van der Waals surface area (Å²) in [7, 11) is 8.71. The van der Waals surface area contributed by atoms with Gasteiger partial charge in [-0.05, 0) is 180 Å². The summed E-state index contributed by atoms with van der Waals surface area (Å²) in [5.41, 5.74) is 27.4. The Morgan fingerprint density at radius 1 is 0.380 bits per heavy atom. The molecule has 0 spiro atoms. The van der Waals surface area contributed by atoms with Crippen molar-refractivity contribution in [2.45, 2.75) is 151 Å². The number of benzene rings is 6. The topological polar surface area (TPSA) is 127 Å². The molecule has 17 nitrogen and oxygen atoms in total. The highest BCUT2D eigenvalue weighted by atomic mass is 32.2. The van der Waals surface area contributed by atoms with Crippen molar-refractivity contribution in [1.29, 1.82) is 0 Å². The van der Waals surface area contributed by atoms with E-state index >= 15 is 0 Å². The Balaban J connectivity index is 0.000000110. The molecule has 0 radical (unpaired) electrons. The number of hydrogen-bond acceptors (Lipinski definition) is 10. The Hall–Kier alpha value is -9.30. The number of nitrogens with zero attached hydrogens (tertiary/aromatic N) is 13. The molecule has 8 aliphatic rings. The van der Waals surface area contributed by atoms with Crippen LogP contribution in [0.5, 0.6) is 0 Å². The van der Waals surface area contributed by atoms with E-state index in [1.165, 1.54) is 133 Å². The van der Waals surface area contributed by atoms with E-state index < -0.39 is 0 Å². The van der Waals surface area contributed by atoms with Crippen molar-refractivity contribution >= 4 is 79.0 Å². The van der Waals surface area contributed by atoms with Crippen LogP contribution in [0.3, 0.4) is 0 Å². The van der Waals surface area contributed by atoms with Crippen LogP contribution in [0.4, 0.5) is 0 Å². The number of aryl methyl sites for hydroxylation is 4. The van der Waals surface area contributed by atoms with Crippen molar-refractivity contribution in [2.24, 2.45) is 0 Å². The summed E-state index contributed by atoms with van der Waals surface area (Å²) in [6.45, 7) is 24.1. The maximum Gasteiger partial charge on any atom is 0.243 e. The number of amides is 4. The summed E-state index contributed by atoms with van der Waals surface area (Å²) >= 11 is 1.95. The van der Waals surface area contributed by atoms with Gasteiger partial charge in [0.25, 0.3) is 0 Å². The number of pyridine rings is 1. The average Bonchev–Trinajstić information content (AvgIpc) is 1.62. The van der Waals surface area contributed by atoms with Gasteiger partial charge < -0.3 is 57.5 Å². The maximum atomic E-state index is 13.4. The molecule has 18 heteroatoms. The van der Waals surface area contributed by atoms with Crippen LogP contribution in [0, 0.1) is 27.7 Å². The van der Waals surface area contributed by atoms with E-state index in [-0.39, 0.29) is 29.7 Å². The van der Waals surface area contributed by atoms with Crippen molar-refractivity contribution in [1.82, 2.24) is 62.5 Å². The second-order valence-electron chi connectivity index (χ2n) is 32.0. The lowest BCUT2D eigenvalue weighted by Crippen LogP contribution is -2.40. The van der Waals surface area contributed by atoms with Crippen molar-refractivity contribution in [3.63, 3.8) is 0 Å². The molecule has 11 aromatic rings. The Kier molecular flexibility index (Phi) is 21.2. The molecule has 13 heterocycles. The zero-order valence-electron chi connectivity index (χ0n) is 64.6. The summed E-state index contributed by atoms with van der Waals surface area (Å²) in [6.07, 6.45) is 10.8. The molecule has 2 saturated heterocycles. The molecule has 2 fully saturated rings. The maximum absolute atomic E-state index is 13.4. The number of rotatable bonds is 9. The molecule has 4 amide bonds. The smallest absolute Gasteiger partial charge is 0.243 e. The minimum Gasteiger partial charge on any atom is -0.339 e. The van der Waals surface area contributed by atoms with E-state index in [9.17, 15) is 19.2 Å². The summed E-state index contributed by atoms with van der Waals surface area (Å²) in [5, 5.41) is 5.27. The molecular formula is C90H105N13O4S. The van der Waals surface area contributed by atoms with Crippen LogP contribution < -0.4 is 0 Å². The van der Waals surface area contributed by atoms with Gasteiger partial charge in [-0.15, -0.1) is 0 Å². The number of hydrogen-bond donors (Lipinski definition) is 0. The Bertz CT molecular complexity index is 5210. The van der Waals surface area contributed by atoms with Gasteiger partial charge in [0, 0.05) is 214 Å². The van der Waals surface area contributed by atoms with Gasteiger partial charge in [-0.3, -0.25) is 24.2 Å². The van der Waals surface area contributed by atoms with Crippen molar-refractivity contribution in [3.05, 3.63) is 241 Å². The molecule has 19 rings (SSSR count). The summed E-state index contributed by atoms with van der Waals surface area (Å²) < 4.78 is 9.15. The first-order valence-corrected chi connectivity index (χ1v) is 40.5. The summed E-state index contributed by atoms with van der Waals surface area (Å²) in [4.78, 5) is 74.5. The molecule has 1 unspecified atom stereocenters. The normalized spacial score (nSPS) is 18.0. The highest BCUT2D eigenvalue weighted by molar-refractivity contribution is 7.99. The number of likely N-dealkylation sites (N-methyl/N-ethyl adjacent to an activating group) is 4. The van der Waals surface area contributed by atoms with Crippen LogP contribution >= 0.6 is 11.8 Å². The third kappa shape index (κ3) is 14.9. The second-order valence-corrected chi connectivity index (χ2v) is 33.2. The Morgan fingerprint density at radius 2 is 0.750 bits per heavy atom. The predicted octanol–water partition coefficient (Wildman–Crippen LogP) is 13.2. The lowest BCUT2D eigenvalue weighted by molar-refractivity contribution is -0.133. The van der Waals surface area contributed by atoms with Gasteiger partial charge in [-0.1, -0.05) is 101 Å². The first-order valence-electron chi connectivity index (χ1n) is 39.4. The van der Waals surface area contributed by atoms with Crippen LogP contribution in [0.25, 0.3) is 43.6 Å². The first kappa shape index (κ1) is 72.9. The monoisotopic (exact) mass is 1460 g/mol. The lowest BCUT2D eigenvalue weighted by Gasteiger charge is -2.30. The molecule has 108 heavy (non-hydrogen) atoms. The van der Waals surface area contributed by atoms with Gasteiger partial charge in [-0.25, -0.2) is 0 Å². The third-order valence-electron chi connectivity index (χ3n) is 24.3. The quantitative estimate of drug-likeness (QED) is 0.138. The Morgan fingerprint density at radius 3 is 1.16 bits per heavy atom. The number of likely N-dealkylation sites (tertiary alicyclic amines) is 1. The number of carbonyl (C=O) groups is 4. The second kappa shape index (κ2) is 31.4. The fourth-order valence-corrected chi connectivity index (χ4v) is 19.4.